The van der Waals surface area contributed by atoms with E-state index < -0.39 is 0 Å². The number of carbonyl (C=O) groups excluding carboxylic acids is 1. The molecule has 170 valence electrons. The van der Waals surface area contributed by atoms with E-state index in [1.54, 1.807) is 31.3 Å². The molecule has 0 N–H and O–H groups in total. The lowest BCUT2D eigenvalue weighted by Gasteiger charge is -2.35. The molecule has 1 fully saturated rings. The molecule has 1 unspecified atom stereocenters. The minimum atomic E-state index is -0.292. The van der Waals surface area contributed by atoms with E-state index in [1.807, 2.05) is 6.92 Å². The number of anilines is 1. The van der Waals surface area contributed by atoms with Gasteiger partial charge in [0, 0.05) is 56.4 Å². The SMILES string of the molecule is C=CC(=O)N1CCN(c2nc(OC)nc3c2CN(C(C)c2c(F)cccc2OC)C3)CC1. The number of rotatable bonds is 6. The van der Waals surface area contributed by atoms with Crippen LogP contribution in [0.2, 0.25) is 0 Å². The van der Waals surface area contributed by atoms with E-state index >= 15 is 0 Å². The number of hydrogen-bond donors (Lipinski definition) is 0. The number of fused-ring (bicyclic) bond motifs is 1. The second-order valence-electron chi connectivity index (χ2n) is 7.91. The summed E-state index contributed by atoms with van der Waals surface area (Å²) in [4.78, 5) is 27.2. The number of nitrogens with zero attached hydrogens (tertiary/aromatic N) is 5. The second kappa shape index (κ2) is 9.12. The molecule has 0 spiro atoms. The zero-order valence-electron chi connectivity index (χ0n) is 18.7. The third-order valence-electron chi connectivity index (χ3n) is 6.21. The highest BCUT2D eigenvalue weighted by Gasteiger charge is 2.33. The molecule has 1 aromatic carbocycles. The molecule has 8 nitrogen and oxygen atoms in total. The van der Waals surface area contributed by atoms with Gasteiger partial charge in [0.1, 0.15) is 17.4 Å². The van der Waals surface area contributed by atoms with Crippen LogP contribution in [-0.2, 0) is 17.9 Å². The molecule has 3 heterocycles. The number of ether oxygens (including phenoxy) is 2. The molecule has 0 radical (unpaired) electrons. The molecule has 2 aliphatic heterocycles. The van der Waals surface area contributed by atoms with Crippen molar-refractivity contribution in [2.75, 3.05) is 45.3 Å². The van der Waals surface area contributed by atoms with E-state index in [1.165, 1.54) is 12.1 Å². The minimum absolute atomic E-state index is 0.0611. The van der Waals surface area contributed by atoms with Crippen LogP contribution >= 0.6 is 0 Å². The maximum Gasteiger partial charge on any atom is 0.318 e. The lowest BCUT2D eigenvalue weighted by Crippen LogP contribution is -2.48. The lowest BCUT2D eigenvalue weighted by atomic mass is 10.1. The van der Waals surface area contributed by atoms with Gasteiger partial charge in [-0.2, -0.15) is 9.97 Å². The fourth-order valence-electron chi connectivity index (χ4n) is 4.42. The first-order valence-electron chi connectivity index (χ1n) is 10.6. The van der Waals surface area contributed by atoms with Crippen molar-refractivity contribution in [1.29, 1.82) is 0 Å². The standard InChI is InChI=1S/C23H28FN5O3/c1-5-20(30)27-9-11-28(12-10-27)22-16-13-29(14-18(16)25-23(26-22)32-4)15(2)21-17(24)7-6-8-19(21)31-3/h5-8,15H,1,9-14H2,2-4H3. The predicted molar refractivity (Wildman–Crippen MR) is 118 cm³/mol. The first-order chi connectivity index (χ1) is 15.5. The van der Waals surface area contributed by atoms with Gasteiger partial charge in [-0.3, -0.25) is 9.69 Å². The summed E-state index contributed by atoms with van der Waals surface area (Å²) in [6, 6.07) is 4.96. The Balaban J connectivity index is 1.60. The maximum atomic E-state index is 14.7. The summed E-state index contributed by atoms with van der Waals surface area (Å²) in [6.45, 7) is 9.17. The molecule has 1 amide bonds. The maximum absolute atomic E-state index is 14.7. The molecule has 0 bridgehead atoms. The molecule has 1 aromatic heterocycles. The van der Waals surface area contributed by atoms with Gasteiger partial charge in [-0.15, -0.1) is 0 Å². The molecule has 1 saturated heterocycles. The summed E-state index contributed by atoms with van der Waals surface area (Å²) in [5.74, 6) is 0.988. The normalized spacial score (nSPS) is 17.1. The van der Waals surface area contributed by atoms with Crippen LogP contribution in [0.1, 0.15) is 29.8 Å². The van der Waals surface area contributed by atoms with E-state index in [4.69, 9.17) is 9.47 Å². The number of methoxy groups -OCH3 is 2. The summed E-state index contributed by atoms with van der Waals surface area (Å²) >= 11 is 0. The van der Waals surface area contributed by atoms with E-state index in [9.17, 15) is 9.18 Å². The first-order valence-corrected chi connectivity index (χ1v) is 10.6. The Hall–Kier alpha value is -3.20. The Kier molecular flexibility index (Phi) is 6.27. The highest BCUT2D eigenvalue weighted by Crippen LogP contribution is 2.39. The monoisotopic (exact) mass is 441 g/mol. The summed E-state index contributed by atoms with van der Waals surface area (Å²) < 4.78 is 25.5. The Labute approximate surface area is 187 Å². The van der Waals surface area contributed by atoms with Gasteiger partial charge in [-0.1, -0.05) is 12.6 Å². The predicted octanol–water partition coefficient (Wildman–Crippen LogP) is 2.54. The molecular weight excluding hydrogens is 413 g/mol. The van der Waals surface area contributed by atoms with Crippen LogP contribution in [0.25, 0.3) is 0 Å². The largest absolute Gasteiger partial charge is 0.496 e. The van der Waals surface area contributed by atoms with Crippen LogP contribution < -0.4 is 14.4 Å². The molecule has 2 aromatic rings. The first kappa shape index (κ1) is 22.0. The smallest absolute Gasteiger partial charge is 0.318 e. The number of hydrogen-bond acceptors (Lipinski definition) is 7. The van der Waals surface area contributed by atoms with E-state index in [0.717, 1.165) is 17.1 Å². The van der Waals surface area contributed by atoms with Gasteiger partial charge in [0.05, 0.1) is 19.9 Å². The van der Waals surface area contributed by atoms with Crippen molar-refractivity contribution in [3.05, 3.63) is 53.5 Å². The van der Waals surface area contributed by atoms with Crippen LogP contribution in [0, 0.1) is 5.82 Å². The van der Waals surface area contributed by atoms with Crippen molar-refractivity contribution in [2.45, 2.75) is 26.1 Å². The molecule has 1 atom stereocenters. The number of halogens is 1. The Morgan fingerprint density at radius 2 is 1.91 bits per heavy atom. The van der Waals surface area contributed by atoms with Crippen molar-refractivity contribution < 1.29 is 18.7 Å². The van der Waals surface area contributed by atoms with Crippen molar-refractivity contribution >= 4 is 11.7 Å². The summed E-state index contributed by atoms with van der Waals surface area (Å²) in [6.07, 6.45) is 1.34. The fourth-order valence-corrected chi connectivity index (χ4v) is 4.42. The van der Waals surface area contributed by atoms with Crippen LogP contribution in [-0.4, -0.2) is 66.1 Å². The molecule has 32 heavy (non-hydrogen) atoms. The van der Waals surface area contributed by atoms with Crippen molar-refractivity contribution in [3.8, 4) is 11.8 Å². The van der Waals surface area contributed by atoms with Crippen LogP contribution in [0.5, 0.6) is 11.8 Å². The van der Waals surface area contributed by atoms with Gasteiger partial charge in [0.25, 0.3) is 0 Å². The zero-order valence-corrected chi connectivity index (χ0v) is 18.7. The van der Waals surface area contributed by atoms with Crippen LogP contribution in [0.15, 0.2) is 30.9 Å². The van der Waals surface area contributed by atoms with Crippen molar-refractivity contribution in [3.63, 3.8) is 0 Å². The van der Waals surface area contributed by atoms with Gasteiger partial charge in [0.2, 0.25) is 5.91 Å². The number of carbonyl (C=O) groups is 1. The van der Waals surface area contributed by atoms with Crippen LogP contribution in [0.4, 0.5) is 10.2 Å². The minimum Gasteiger partial charge on any atom is -0.496 e. The number of benzene rings is 1. The average molecular weight is 442 g/mol. The van der Waals surface area contributed by atoms with Crippen LogP contribution in [0.3, 0.4) is 0 Å². The van der Waals surface area contributed by atoms with E-state index in [-0.39, 0.29) is 17.8 Å². The number of piperazine rings is 1. The fraction of sp³-hybridized carbons (Fsp3) is 0.435. The molecule has 0 aliphatic carbocycles. The zero-order chi connectivity index (χ0) is 22.8. The quantitative estimate of drug-likeness (QED) is 0.638. The highest BCUT2D eigenvalue weighted by atomic mass is 19.1. The summed E-state index contributed by atoms with van der Waals surface area (Å²) in [7, 11) is 3.10. The Morgan fingerprint density at radius 1 is 1.16 bits per heavy atom. The highest BCUT2D eigenvalue weighted by molar-refractivity contribution is 5.87. The second-order valence-corrected chi connectivity index (χ2v) is 7.91. The molecule has 4 rings (SSSR count). The average Bonchev–Trinajstić information content (AvgIpc) is 3.26. The topological polar surface area (TPSA) is 71.0 Å². The van der Waals surface area contributed by atoms with Crippen molar-refractivity contribution in [2.24, 2.45) is 0 Å². The van der Waals surface area contributed by atoms with Gasteiger partial charge in [-0.05, 0) is 25.1 Å². The number of aromatic nitrogens is 2. The van der Waals surface area contributed by atoms with Gasteiger partial charge < -0.3 is 19.3 Å². The molecular formula is C23H28FN5O3. The molecule has 2 aliphatic rings. The van der Waals surface area contributed by atoms with E-state index in [0.29, 0.717) is 56.6 Å². The van der Waals surface area contributed by atoms with Gasteiger partial charge >= 0.3 is 6.01 Å². The van der Waals surface area contributed by atoms with Gasteiger partial charge in [-0.25, -0.2) is 4.39 Å². The summed E-state index contributed by atoms with van der Waals surface area (Å²) in [5.41, 5.74) is 2.41. The van der Waals surface area contributed by atoms with Crippen molar-refractivity contribution in [1.82, 2.24) is 19.8 Å². The molecule has 0 saturated carbocycles. The van der Waals surface area contributed by atoms with Gasteiger partial charge in [0.15, 0.2) is 0 Å². The Bertz CT molecular complexity index is 1020. The van der Waals surface area contributed by atoms with E-state index in [2.05, 4.69) is 26.3 Å². The third-order valence-corrected chi connectivity index (χ3v) is 6.21. The third kappa shape index (κ3) is 4.00. The lowest BCUT2D eigenvalue weighted by molar-refractivity contribution is -0.126. The molecule has 9 heteroatoms. The summed E-state index contributed by atoms with van der Waals surface area (Å²) in [5, 5.41) is 0. The Morgan fingerprint density at radius 3 is 2.56 bits per heavy atom. The number of amides is 1.